The second kappa shape index (κ2) is 5.35. The normalized spacial score (nSPS) is 10.1. The molecule has 18 heavy (non-hydrogen) atoms. The highest BCUT2D eigenvalue weighted by Crippen LogP contribution is 2.21. The maximum atomic E-state index is 5.76. The van der Waals surface area contributed by atoms with Crippen molar-refractivity contribution in [1.29, 1.82) is 0 Å². The molecule has 0 aliphatic heterocycles. The molecule has 0 atom stereocenters. The van der Waals surface area contributed by atoms with Gasteiger partial charge in [0.1, 0.15) is 5.75 Å². The zero-order valence-corrected chi connectivity index (χ0v) is 10.5. The quantitative estimate of drug-likeness (QED) is 0.805. The number of aromatic nitrogens is 2. The van der Waals surface area contributed by atoms with E-state index in [2.05, 4.69) is 15.3 Å². The van der Waals surface area contributed by atoms with Gasteiger partial charge < -0.3 is 15.8 Å². The molecule has 0 saturated heterocycles. The van der Waals surface area contributed by atoms with Crippen molar-refractivity contribution < 1.29 is 4.74 Å². The monoisotopic (exact) mass is 244 g/mol. The lowest BCUT2D eigenvalue weighted by Gasteiger charge is -2.10. The van der Waals surface area contributed by atoms with Gasteiger partial charge in [-0.3, -0.25) is 0 Å². The second-order valence-corrected chi connectivity index (χ2v) is 3.95. The van der Waals surface area contributed by atoms with Crippen LogP contribution in [-0.2, 0) is 6.54 Å². The van der Waals surface area contributed by atoms with Crippen molar-refractivity contribution >= 4 is 11.6 Å². The summed E-state index contributed by atoms with van der Waals surface area (Å²) in [4.78, 5) is 8.41. The fraction of sp³-hybridized carbons (Fsp3) is 0.231. The van der Waals surface area contributed by atoms with Gasteiger partial charge >= 0.3 is 0 Å². The molecule has 0 aliphatic rings. The molecule has 2 rings (SSSR count). The van der Waals surface area contributed by atoms with Crippen molar-refractivity contribution in [1.82, 2.24) is 9.97 Å². The van der Waals surface area contributed by atoms with Crippen molar-refractivity contribution in [2.75, 3.05) is 18.2 Å². The first-order valence-corrected chi connectivity index (χ1v) is 5.65. The Balaban J connectivity index is 2.12. The molecule has 0 aliphatic carbocycles. The van der Waals surface area contributed by atoms with Gasteiger partial charge in [-0.2, -0.15) is 0 Å². The van der Waals surface area contributed by atoms with Crippen LogP contribution < -0.4 is 15.8 Å². The van der Waals surface area contributed by atoms with Crippen LogP contribution in [0.25, 0.3) is 0 Å². The topological polar surface area (TPSA) is 73.1 Å². The number of nitrogens with two attached hydrogens (primary N) is 1. The molecule has 1 aromatic heterocycles. The van der Waals surface area contributed by atoms with Crippen molar-refractivity contribution in [3.05, 3.63) is 41.7 Å². The molecule has 0 radical (unpaired) electrons. The molecule has 2 aromatic rings. The Labute approximate surface area is 106 Å². The van der Waals surface area contributed by atoms with E-state index in [-0.39, 0.29) is 0 Å². The predicted octanol–water partition coefficient (Wildman–Crippen LogP) is 1.99. The molecule has 0 amide bonds. The second-order valence-electron chi connectivity index (χ2n) is 3.95. The number of nitrogen functional groups attached to an aromatic ring is 1. The number of rotatable bonds is 4. The van der Waals surface area contributed by atoms with Gasteiger partial charge in [0.2, 0.25) is 5.95 Å². The van der Waals surface area contributed by atoms with Gasteiger partial charge in [0.05, 0.1) is 7.11 Å². The molecule has 0 saturated carbocycles. The van der Waals surface area contributed by atoms with Crippen LogP contribution >= 0.6 is 0 Å². The fourth-order valence-electron chi connectivity index (χ4n) is 1.65. The van der Waals surface area contributed by atoms with E-state index in [1.54, 1.807) is 13.3 Å². The number of hydrogen-bond donors (Lipinski definition) is 2. The lowest BCUT2D eigenvalue weighted by molar-refractivity contribution is 0.410. The molecule has 0 spiro atoms. The van der Waals surface area contributed by atoms with Gasteiger partial charge in [0, 0.05) is 29.7 Å². The smallest absolute Gasteiger partial charge is 0.223 e. The summed E-state index contributed by atoms with van der Waals surface area (Å²) < 4.78 is 5.28. The summed E-state index contributed by atoms with van der Waals surface area (Å²) in [5.41, 5.74) is 8.36. The third-order valence-electron chi connectivity index (χ3n) is 2.54. The summed E-state index contributed by atoms with van der Waals surface area (Å²) in [6.07, 6.45) is 1.72. The molecule has 94 valence electrons. The Morgan fingerprint density at radius 3 is 2.89 bits per heavy atom. The molecule has 0 bridgehead atoms. The average molecular weight is 244 g/mol. The van der Waals surface area contributed by atoms with E-state index in [0.29, 0.717) is 18.2 Å². The van der Waals surface area contributed by atoms with Crippen molar-refractivity contribution in [2.24, 2.45) is 0 Å². The standard InChI is InChI=1S/C13H16N4O/c1-9-5-6-15-13(17-9)16-8-10-7-11(14)3-4-12(10)18-2/h3-7H,8,14H2,1-2H3,(H,15,16,17). The van der Waals surface area contributed by atoms with E-state index < -0.39 is 0 Å². The first kappa shape index (κ1) is 12.2. The number of ether oxygens (including phenoxy) is 1. The Bertz CT molecular complexity index is 542. The molecular weight excluding hydrogens is 228 g/mol. The number of aryl methyl sites for hydroxylation is 1. The van der Waals surface area contributed by atoms with Crippen LogP contribution in [0.2, 0.25) is 0 Å². The van der Waals surface area contributed by atoms with Gasteiger partial charge in [0.25, 0.3) is 0 Å². The lowest BCUT2D eigenvalue weighted by atomic mass is 10.2. The zero-order valence-electron chi connectivity index (χ0n) is 10.5. The lowest BCUT2D eigenvalue weighted by Crippen LogP contribution is -2.05. The van der Waals surface area contributed by atoms with E-state index in [4.69, 9.17) is 10.5 Å². The fourth-order valence-corrected chi connectivity index (χ4v) is 1.65. The minimum atomic E-state index is 0.567. The summed E-state index contributed by atoms with van der Waals surface area (Å²) in [7, 11) is 1.64. The minimum Gasteiger partial charge on any atom is -0.496 e. The summed E-state index contributed by atoms with van der Waals surface area (Å²) in [5.74, 6) is 1.39. The highest BCUT2D eigenvalue weighted by Gasteiger charge is 2.04. The predicted molar refractivity (Wildman–Crippen MR) is 71.5 cm³/mol. The molecule has 0 fully saturated rings. The molecule has 3 N–H and O–H groups in total. The maximum Gasteiger partial charge on any atom is 0.223 e. The van der Waals surface area contributed by atoms with Crippen molar-refractivity contribution in [3.8, 4) is 5.75 Å². The Morgan fingerprint density at radius 1 is 1.33 bits per heavy atom. The van der Waals surface area contributed by atoms with Gasteiger partial charge in [-0.15, -0.1) is 0 Å². The zero-order chi connectivity index (χ0) is 13.0. The number of methoxy groups -OCH3 is 1. The number of anilines is 2. The van der Waals surface area contributed by atoms with Crippen LogP contribution in [0.4, 0.5) is 11.6 Å². The number of nitrogens with zero attached hydrogens (tertiary/aromatic N) is 2. The SMILES string of the molecule is COc1ccc(N)cc1CNc1nccc(C)n1. The third kappa shape index (κ3) is 2.88. The highest BCUT2D eigenvalue weighted by atomic mass is 16.5. The maximum absolute atomic E-state index is 5.76. The Kier molecular flexibility index (Phi) is 3.62. The minimum absolute atomic E-state index is 0.567. The van der Waals surface area contributed by atoms with Gasteiger partial charge in [-0.1, -0.05) is 0 Å². The Hall–Kier alpha value is -2.30. The van der Waals surface area contributed by atoms with Gasteiger partial charge in [-0.05, 0) is 31.2 Å². The average Bonchev–Trinajstić information content (AvgIpc) is 2.37. The van der Waals surface area contributed by atoms with Crippen LogP contribution in [0.5, 0.6) is 5.75 Å². The molecule has 1 heterocycles. The van der Waals surface area contributed by atoms with Gasteiger partial charge in [-0.25, -0.2) is 9.97 Å². The van der Waals surface area contributed by atoms with E-state index in [1.165, 1.54) is 0 Å². The van der Waals surface area contributed by atoms with Crippen molar-refractivity contribution in [3.63, 3.8) is 0 Å². The van der Waals surface area contributed by atoms with Crippen molar-refractivity contribution in [2.45, 2.75) is 13.5 Å². The molecule has 5 nitrogen and oxygen atoms in total. The highest BCUT2D eigenvalue weighted by molar-refractivity contribution is 5.48. The third-order valence-corrected chi connectivity index (χ3v) is 2.54. The summed E-state index contributed by atoms with van der Waals surface area (Å²) in [6.45, 7) is 2.49. The van der Waals surface area contributed by atoms with Crippen LogP contribution in [-0.4, -0.2) is 17.1 Å². The molecular formula is C13H16N4O. The first-order valence-electron chi connectivity index (χ1n) is 5.65. The van der Waals surface area contributed by atoms with E-state index >= 15 is 0 Å². The van der Waals surface area contributed by atoms with E-state index in [1.807, 2.05) is 31.2 Å². The van der Waals surface area contributed by atoms with E-state index in [0.717, 1.165) is 17.0 Å². The Morgan fingerprint density at radius 2 is 2.17 bits per heavy atom. The number of benzene rings is 1. The first-order chi connectivity index (χ1) is 8.69. The van der Waals surface area contributed by atoms with Crippen LogP contribution in [0.3, 0.4) is 0 Å². The van der Waals surface area contributed by atoms with Crippen LogP contribution in [0.1, 0.15) is 11.3 Å². The molecule has 0 unspecified atom stereocenters. The largest absolute Gasteiger partial charge is 0.496 e. The van der Waals surface area contributed by atoms with Gasteiger partial charge in [0.15, 0.2) is 0 Å². The summed E-state index contributed by atoms with van der Waals surface area (Å²) in [6, 6.07) is 7.39. The van der Waals surface area contributed by atoms with E-state index in [9.17, 15) is 0 Å². The number of hydrogen-bond acceptors (Lipinski definition) is 5. The van der Waals surface area contributed by atoms with Crippen LogP contribution in [0, 0.1) is 6.92 Å². The summed E-state index contributed by atoms with van der Waals surface area (Å²) in [5, 5.41) is 3.15. The van der Waals surface area contributed by atoms with Crippen LogP contribution in [0.15, 0.2) is 30.5 Å². The molecule has 5 heteroatoms. The number of nitrogens with one attached hydrogen (secondary N) is 1. The summed E-state index contributed by atoms with van der Waals surface area (Å²) >= 11 is 0. The molecule has 1 aromatic carbocycles.